The average Bonchev–Trinajstić information content (AvgIpc) is 2.86. The Morgan fingerprint density at radius 3 is 3.11 bits per heavy atom. The van der Waals surface area contributed by atoms with Crippen molar-refractivity contribution in [2.75, 3.05) is 13.7 Å². The molecular formula is C14H23N3O2. The molecule has 1 aromatic heterocycles. The highest BCUT2D eigenvalue weighted by molar-refractivity contribution is 5.75. The predicted molar refractivity (Wildman–Crippen MR) is 72.6 cm³/mol. The van der Waals surface area contributed by atoms with Crippen molar-refractivity contribution in [1.29, 1.82) is 0 Å². The van der Waals surface area contributed by atoms with E-state index in [1.165, 1.54) is 12.8 Å². The van der Waals surface area contributed by atoms with E-state index in [1.807, 2.05) is 12.5 Å². The lowest BCUT2D eigenvalue weighted by molar-refractivity contribution is -0.148. The lowest BCUT2D eigenvalue weighted by Crippen LogP contribution is -2.44. The Labute approximate surface area is 114 Å². The Balaban J connectivity index is 2.06. The van der Waals surface area contributed by atoms with Gasteiger partial charge in [-0.3, -0.25) is 9.69 Å². The first kappa shape index (κ1) is 14.1. The quantitative estimate of drug-likeness (QED) is 0.762. The first-order chi connectivity index (χ1) is 9.26. The molecule has 1 aliphatic rings. The van der Waals surface area contributed by atoms with Gasteiger partial charge < -0.3 is 9.30 Å². The molecule has 5 heteroatoms. The number of hydrogen-bond donors (Lipinski definition) is 0. The zero-order chi connectivity index (χ0) is 13.7. The maximum absolute atomic E-state index is 11.8. The van der Waals surface area contributed by atoms with E-state index in [9.17, 15) is 4.79 Å². The lowest BCUT2D eigenvalue weighted by atomic mass is 10.0. The summed E-state index contributed by atoms with van der Waals surface area (Å²) in [5.74, 6) is -0.110. The van der Waals surface area contributed by atoms with Crippen LogP contribution in [0.2, 0.25) is 0 Å². The van der Waals surface area contributed by atoms with Crippen molar-refractivity contribution in [3.8, 4) is 0 Å². The van der Waals surface area contributed by atoms with Crippen molar-refractivity contribution in [2.24, 2.45) is 0 Å². The second kappa shape index (κ2) is 6.70. The molecule has 1 fully saturated rings. The van der Waals surface area contributed by atoms with Gasteiger partial charge in [-0.2, -0.15) is 0 Å². The number of nitrogens with zero attached hydrogens (tertiary/aromatic N) is 3. The van der Waals surface area contributed by atoms with Gasteiger partial charge in [0.25, 0.3) is 0 Å². The van der Waals surface area contributed by atoms with Crippen molar-refractivity contribution in [3.05, 3.63) is 18.2 Å². The second-order valence-electron chi connectivity index (χ2n) is 5.08. The molecule has 1 aromatic rings. The van der Waals surface area contributed by atoms with Crippen molar-refractivity contribution < 1.29 is 9.53 Å². The van der Waals surface area contributed by atoms with Crippen LogP contribution in [0.25, 0.3) is 0 Å². The fourth-order valence-electron chi connectivity index (χ4n) is 2.71. The van der Waals surface area contributed by atoms with Crippen molar-refractivity contribution in [3.63, 3.8) is 0 Å². The SMILES string of the molecule is CCCn1cncc1CN1CCCC[C@@H]1C(=O)OC. The largest absolute Gasteiger partial charge is 0.468 e. The van der Waals surface area contributed by atoms with Gasteiger partial charge in [0, 0.05) is 19.3 Å². The van der Waals surface area contributed by atoms with E-state index in [4.69, 9.17) is 4.74 Å². The molecular weight excluding hydrogens is 242 g/mol. The Morgan fingerprint density at radius 1 is 1.53 bits per heavy atom. The van der Waals surface area contributed by atoms with Crippen LogP contribution < -0.4 is 0 Å². The van der Waals surface area contributed by atoms with Gasteiger partial charge in [-0.15, -0.1) is 0 Å². The lowest BCUT2D eigenvalue weighted by Gasteiger charge is -2.33. The van der Waals surface area contributed by atoms with Gasteiger partial charge in [-0.05, 0) is 25.8 Å². The molecule has 19 heavy (non-hydrogen) atoms. The summed E-state index contributed by atoms with van der Waals surface area (Å²) in [4.78, 5) is 18.3. The number of carbonyl (C=O) groups excluding carboxylic acids is 1. The molecule has 1 atom stereocenters. The normalized spacial score (nSPS) is 20.4. The van der Waals surface area contributed by atoms with E-state index in [1.54, 1.807) is 0 Å². The molecule has 0 aromatic carbocycles. The average molecular weight is 265 g/mol. The van der Waals surface area contributed by atoms with E-state index in [2.05, 4.69) is 21.4 Å². The van der Waals surface area contributed by atoms with Crippen molar-refractivity contribution >= 4 is 5.97 Å². The first-order valence-corrected chi connectivity index (χ1v) is 7.07. The Morgan fingerprint density at radius 2 is 2.37 bits per heavy atom. The molecule has 1 saturated heterocycles. The highest BCUT2D eigenvalue weighted by atomic mass is 16.5. The fourth-order valence-corrected chi connectivity index (χ4v) is 2.71. The molecule has 0 unspecified atom stereocenters. The molecule has 0 amide bonds. The van der Waals surface area contributed by atoms with Crippen LogP contribution in [0, 0.1) is 0 Å². The Hall–Kier alpha value is -1.36. The molecule has 2 heterocycles. The van der Waals surface area contributed by atoms with Crippen LogP contribution in [-0.4, -0.2) is 40.1 Å². The zero-order valence-corrected chi connectivity index (χ0v) is 11.8. The van der Waals surface area contributed by atoms with Gasteiger partial charge in [-0.25, -0.2) is 4.98 Å². The maximum Gasteiger partial charge on any atom is 0.323 e. The summed E-state index contributed by atoms with van der Waals surface area (Å²) in [7, 11) is 1.47. The van der Waals surface area contributed by atoms with Crippen LogP contribution in [0.1, 0.15) is 38.3 Å². The highest BCUT2D eigenvalue weighted by Gasteiger charge is 2.29. The molecule has 0 saturated carbocycles. The Kier molecular flexibility index (Phi) is 4.96. The summed E-state index contributed by atoms with van der Waals surface area (Å²) in [6.07, 6.45) is 8.01. The van der Waals surface area contributed by atoms with Crippen LogP contribution in [0.15, 0.2) is 12.5 Å². The van der Waals surface area contributed by atoms with Gasteiger partial charge in [0.2, 0.25) is 0 Å². The third-order valence-corrected chi connectivity index (χ3v) is 3.72. The number of imidazole rings is 1. The summed E-state index contributed by atoms with van der Waals surface area (Å²) in [5.41, 5.74) is 1.18. The van der Waals surface area contributed by atoms with E-state index in [0.29, 0.717) is 0 Å². The van der Waals surface area contributed by atoms with Crippen molar-refractivity contribution in [2.45, 2.75) is 51.7 Å². The first-order valence-electron chi connectivity index (χ1n) is 7.07. The number of esters is 1. The molecule has 5 nitrogen and oxygen atoms in total. The van der Waals surface area contributed by atoms with E-state index in [0.717, 1.165) is 45.3 Å². The van der Waals surface area contributed by atoms with Gasteiger partial charge in [0.15, 0.2) is 0 Å². The van der Waals surface area contributed by atoms with Crippen LogP contribution in [0.4, 0.5) is 0 Å². The number of aromatic nitrogens is 2. The number of ether oxygens (including phenoxy) is 1. The topological polar surface area (TPSA) is 47.4 Å². The standard InChI is InChI=1S/C14H23N3O2/c1-3-7-17-11-15-9-12(17)10-16-8-5-4-6-13(16)14(18)19-2/h9,11,13H,3-8,10H2,1-2H3/t13-/m1/s1. The van der Waals surface area contributed by atoms with Crippen LogP contribution >= 0.6 is 0 Å². The van der Waals surface area contributed by atoms with E-state index >= 15 is 0 Å². The second-order valence-corrected chi connectivity index (χ2v) is 5.08. The predicted octanol–water partition coefficient (Wildman–Crippen LogP) is 1.82. The third kappa shape index (κ3) is 3.35. The summed E-state index contributed by atoms with van der Waals surface area (Å²) in [6, 6.07) is -0.0938. The summed E-state index contributed by atoms with van der Waals surface area (Å²) >= 11 is 0. The molecule has 0 spiro atoms. The highest BCUT2D eigenvalue weighted by Crippen LogP contribution is 2.20. The van der Waals surface area contributed by atoms with Gasteiger partial charge >= 0.3 is 5.97 Å². The Bertz CT molecular complexity index is 417. The summed E-state index contributed by atoms with van der Waals surface area (Å²) in [6.45, 7) is 4.87. The number of hydrogen-bond acceptors (Lipinski definition) is 4. The number of rotatable bonds is 5. The molecule has 0 bridgehead atoms. The minimum absolute atomic E-state index is 0.0938. The molecule has 0 N–H and O–H groups in total. The van der Waals surface area contributed by atoms with Crippen LogP contribution in [0.3, 0.4) is 0 Å². The molecule has 0 aliphatic carbocycles. The number of aryl methyl sites for hydroxylation is 1. The number of likely N-dealkylation sites (tertiary alicyclic amines) is 1. The number of piperidine rings is 1. The van der Waals surface area contributed by atoms with Crippen LogP contribution in [0.5, 0.6) is 0 Å². The third-order valence-electron chi connectivity index (χ3n) is 3.72. The fraction of sp³-hybridized carbons (Fsp3) is 0.714. The summed E-state index contributed by atoms with van der Waals surface area (Å²) < 4.78 is 7.08. The van der Waals surface area contributed by atoms with E-state index in [-0.39, 0.29) is 12.0 Å². The minimum atomic E-state index is -0.110. The number of carbonyl (C=O) groups is 1. The van der Waals surface area contributed by atoms with E-state index < -0.39 is 0 Å². The van der Waals surface area contributed by atoms with Crippen LogP contribution in [-0.2, 0) is 22.6 Å². The monoisotopic (exact) mass is 265 g/mol. The van der Waals surface area contributed by atoms with Gasteiger partial charge in [0.1, 0.15) is 6.04 Å². The smallest absolute Gasteiger partial charge is 0.323 e. The molecule has 0 radical (unpaired) electrons. The maximum atomic E-state index is 11.8. The summed E-state index contributed by atoms with van der Waals surface area (Å²) in [5, 5.41) is 0. The zero-order valence-electron chi connectivity index (χ0n) is 11.8. The van der Waals surface area contributed by atoms with Gasteiger partial charge in [0.05, 0.1) is 19.1 Å². The van der Waals surface area contributed by atoms with Crippen molar-refractivity contribution in [1.82, 2.24) is 14.5 Å². The molecule has 2 rings (SSSR count). The van der Waals surface area contributed by atoms with Gasteiger partial charge in [-0.1, -0.05) is 13.3 Å². The molecule has 1 aliphatic heterocycles. The number of methoxy groups -OCH3 is 1. The minimum Gasteiger partial charge on any atom is -0.468 e. The molecule has 106 valence electrons.